The molecule has 0 spiro atoms. The first kappa shape index (κ1) is 41.5. The Morgan fingerprint density at radius 1 is 1.04 bits per heavy atom. The summed E-state index contributed by atoms with van der Waals surface area (Å²) in [5.41, 5.74) is 11.4. The summed E-state index contributed by atoms with van der Waals surface area (Å²) in [6, 6.07) is 18.3. The Kier molecular flexibility index (Phi) is 13.8. The minimum absolute atomic E-state index is 0.0124. The van der Waals surface area contributed by atoms with Crippen molar-refractivity contribution in [2.75, 3.05) is 6.54 Å². The standard InChI is InChI=1S/C43H55N5O6S/c1-26(10-18-37(44)50)28(3)54-24-30-13-17-35-31(8-7-9-33(35)20-30)16-19-38(51)47-40(43(4,5)6)42(53)48-23-34(49)21-36(48)41(52)45-22-29-11-14-32(15-12-29)39-27(2)46-25-55-39/h7-9,11-15,17,20,25-26,28,34,36,40,49H,10,16,18-19,21-24H2,1-6H3,(H2,44,50)(H,45,52)(H,47,51)/t26-,28+,34+,36-,40+/m0/s1. The van der Waals surface area contributed by atoms with Crippen LogP contribution in [-0.4, -0.2) is 69.5 Å². The number of primary amides is 1. The summed E-state index contributed by atoms with van der Waals surface area (Å²) >= 11 is 1.58. The first-order valence-corrected chi connectivity index (χ1v) is 19.9. The number of rotatable bonds is 16. The van der Waals surface area contributed by atoms with E-state index in [1.165, 1.54) is 4.90 Å². The summed E-state index contributed by atoms with van der Waals surface area (Å²) in [5, 5.41) is 18.6. The zero-order valence-electron chi connectivity index (χ0n) is 32.8. The second-order valence-electron chi connectivity index (χ2n) is 15.9. The van der Waals surface area contributed by atoms with Gasteiger partial charge in [-0.15, -0.1) is 11.3 Å². The van der Waals surface area contributed by atoms with Gasteiger partial charge in [-0.2, -0.15) is 0 Å². The van der Waals surface area contributed by atoms with Crippen LogP contribution >= 0.6 is 11.3 Å². The van der Waals surface area contributed by atoms with Crippen LogP contribution in [0.5, 0.6) is 0 Å². The van der Waals surface area contributed by atoms with Crippen LogP contribution in [0.3, 0.4) is 0 Å². The molecule has 5 N–H and O–H groups in total. The van der Waals surface area contributed by atoms with Gasteiger partial charge < -0.3 is 31.1 Å². The number of carbonyl (C=O) groups is 4. The Morgan fingerprint density at radius 3 is 2.44 bits per heavy atom. The summed E-state index contributed by atoms with van der Waals surface area (Å²) < 4.78 is 6.10. The highest BCUT2D eigenvalue weighted by atomic mass is 32.1. The van der Waals surface area contributed by atoms with Crippen molar-refractivity contribution in [1.82, 2.24) is 20.5 Å². The van der Waals surface area contributed by atoms with E-state index in [1.54, 1.807) is 11.3 Å². The lowest BCUT2D eigenvalue weighted by molar-refractivity contribution is -0.144. The molecule has 1 fully saturated rings. The molecule has 2 heterocycles. The summed E-state index contributed by atoms with van der Waals surface area (Å²) in [5.74, 6) is -1.12. The summed E-state index contributed by atoms with van der Waals surface area (Å²) in [7, 11) is 0. The van der Waals surface area contributed by atoms with Crippen LogP contribution in [0.25, 0.3) is 21.2 Å². The van der Waals surface area contributed by atoms with Gasteiger partial charge in [0.2, 0.25) is 23.6 Å². The van der Waals surface area contributed by atoms with Gasteiger partial charge in [-0.05, 0) is 77.1 Å². The zero-order chi connectivity index (χ0) is 39.9. The third kappa shape index (κ3) is 11.0. The minimum atomic E-state index is -0.903. The maximum absolute atomic E-state index is 14.1. The average molecular weight is 770 g/mol. The molecule has 5 atom stereocenters. The monoisotopic (exact) mass is 769 g/mol. The van der Waals surface area contributed by atoms with Crippen molar-refractivity contribution in [3.05, 3.63) is 88.6 Å². The number of nitrogens with two attached hydrogens (primary N) is 1. The number of aliphatic hydroxyl groups is 1. The summed E-state index contributed by atoms with van der Waals surface area (Å²) in [6.45, 7) is 12.4. The lowest BCUT2D eigenvalue weighted by atomic mass is 9.85. The van der Waals surface area contributed by atoms with Crippen LogP contribution in [-0.2, 0) is 43.5 Å². The molecule has 294 valence electrons. The molecule has 0 aliphatic carbocycles. The van der Waals surface area contributed by atoms with Crippen molar-refractivity contribution < 1.29 is 29.0 Å². The predicted molar refractivity (Wildman–Crippen MR) is 216 cm³/mol. The highest BCUT2D eigenvalue weighted by Crippen LogP contribution is 2.29. The summed E-state index contributed by atoms with van der Waals surface area (Å²) in [6.07, 6.45) is 0.894. The molecule has 1 aliphatic heterocycles. The lowest BCUT2D eigenvalue weighted by Gasteiger charge is -2.35. The molecule has 1 aromatic heterocycles. The number of benzene rings is 3. The number of nitrogens with zero attached hydrogens (tertiary/aromatic N) is 2. The van der Waals surface area contributed by atoms with E-state index in [0.717, 1.165) is 43.6 Å². The second kappa shape index (κ2) is 18.3. The van der Waals surface area contributed by atoms with E-state index in [1.807, 2.05) is 94.7 Å². The second-order valence-corrected chi connectivity index (χ2v) is 16.8. The molecular formula is C43H55N5O6S. The van der Waals surface area contributed by atoms with Gasteiger partial charge in [0, 0.05) is 32.4 Å². The molecular weight excluding hydrogens is 715 g/mol. The molecule has 11 nitrogen and oxygen atoms in total. The van der Waals surface area contributed by atoms with E-state index in [2.05, 4.69) is 28.6 Å². The fraction of sp³-hybridized carbons (Fsp3) is 0.465. The maximum Gasteiger partial charge on any atom is 0.246 e. The number of aliphatic hydroxyl groups excluding tert-OH is 1. The highest BCUT2D eigenvalue weighted by molar-refractivity contribution is 7.13. The van der Waals surface area contributed by atoms with Gasteiger partial charge in [0.15, 0.2) is 0 Å². The van der Waals surface area contributed by atoms with Gasteiger partial charge in [-0.3, -0.25) is 19.2 Å². The number of nitrogens with one attached hydrogen (secondary N) is 2. The minimum Gasteiger partial charge on any atom is -0.391 e. The summed E-state index contributed by atoms with van der Waals surface area (Å²) in [4.78, 5) is 59.0. The number of ether oxygens (including phenoxy) is 1. The largest absolute Gasteiger partial charge is 0.391 e. The molecule has 55 heavy (non-hydrogen) atoms. The Hall–Kier alpha value is -4.65. The van der Waals surface area contributed by atoms with E-state index in [0.29, 0.717) is 25.9 Å². The number of aromatic nitrogens is 1. The maximum atomic E-state index is 14.1. The van der Waals surface area contributed by atoms with E-state index in [9.17, 15) is 24.3 Å². The molecule has 5 rings (SSSR count). The van der Waals surface area contributed by atoms with Gasteiger partial charge in [-0.1, -0.05) is 82.3 Å². The molecule has 0 bridgehead atoms. The van der Waals surface area contributed by atoms with Crippen LogP contribution in [0.2, 0.25) is 0 Å². The van der Waals surface area contributed by atoms with E-state index in [-0.39, 0.29) is 55.7 Å². The van der Waals surface area contributed by atoms with Crippen LogP contribution in [0.4, 0.5) is 0 Å². The fourth-order valence-electron chi connectivity index (χ4n) is 6.97. The molecule has 4 amide bonds. The van der Waals surface area contributed by atoms with Gasteiger partial charge in [0.1, 0.15) is 12.1 Å². The van der Waals surface area contributed by atoms with Crippen LogP contribution in [0.15, 0.2) is 66.2 Å². The molecule has 0 saturated carbocycles. The molecule has 0 unspecified atom stereocenters. The van der Waals surface area contributed by atoms with Gasteiger partial charge >= 0.3 is 0 Å². The van der Waals surface area contributed by atoms with E-state index >= 15 is 0 Å². The van der Waals surface area contributed by atoms with Crippen molar-refractivity contribution in [3.8, 4) is 10.4 Å². The number of thiazole rings is 1. The fourth-order valence-corrected chi connectivity index (χ4v) is 7.78. The number of carbonyl (C=O) groups excluding carboxylic acids is 4. The Labute approximate surface area is 328 Å². The highest BCUT2D eigenvalue weighted by Gasteiger charge is 2.44. The third-order valence-corrected chi connectivity index (χ3v) is 11.5. The van der Waals surface area contributed by atoms with Crippen molar-refractivity contribution in [3.63, 3.8) is 0 Å². The van der Waals surface area contributed by atoms with Crippen LogP contribution in [0, 0.1) is 18.3 Å². The molecule has 12 heteroatoms. The van der Waals surface area contributed by atoms with Crippen molar-refractivity contribution in [1.29, 1.82) is 0 Å². The number of β-amino-alcohol motifs (C(OH)–C–C–N with tert-alkyl or cyclic N) is 1. The van der Waals surface area contributed by atoms with Gasteiger partial charge in [0.25, 0.3) is 0 Å². The molecule has 0 radical (unpaired) electrons. The Morgan fingerprint density at radius 2 is 1.76 bits per heavy atom. The van der Waals surface area contributed by atoms with E-state index < -0.39 is 29.5 Å². The molecule has 1 aliphatic rings. The van der Waals surface area contributed by atoms with Gasteiger partial charge in [-0.25, -0.2) is 4.98 Å². The number of hydrogen-bond acceptors (Lipinski definition) is 8. The Balaban J connectivity index is 1.17. The number of likely N-dealkylation sites (tertiary alicyclic amines) is 1. The van der Waals surface area contributed by atoms with Crippen molar-refractivity contribution >= 4 is 45.7 Å². The van der Waals surface area contributed by atoms with Crippen molar-refractivity contribution in [2.24, 2.45) is 17.1 Å². The van der Waals surface area contributed by atoms with Gasteiger partial charge in [0.05, 0.1) is 34.9 Å². The number of hydrogen-bond donors (Lipinski definition) is 4. The van der Waals surface area contributed by atoms with Crippen molar-refractivity contribution in [2.45, 2.75) is 111 Å². The SMILES string of the molecule is Cc1ncsc1-c1ccc(CNC(=O)[C@@H]2C[C@@H](O)CN2C(=O)[C@@H](NC(=O)CCc2cccc3cc(CO[C@H](C)[C@@H](C)CCC(N)=O)ccc23)C(C)(C)C)cc1. The average Bonchev–Trinajstić information content (AvgIpc) is 3.77. The smallest absolute Gasteiger partial charge is 0.246 e. The lowest BCUT2D eigenvalue weighted by Crippen LogP contribution is -2.57. The first-order valence-electron chi connectivity index (χ1n) is 19.1. The molecule has 3 aromatic carbocycles. The number of fused-ring (bicyclic) bond motifs is 1. The molecule has 4 aromatic rings. The van der Waals surface area contributed by atoms with E-state index in [4.69, 9.17) is 10.5 Å². The zero-order valence-corrected chi connectivity index (χ0v) is 33.6. The number of aryl methyl sites for hydroxylation is 2. The predicted octanol–water partition coefficient (Wildman–Crippen LogP) is 5.82. The Bertz CT molecular complexity index is 1970. The number of amides is 4. The topological polar surface area (TPSA) is 164 Å². The van der Waals surface area contributed by atoms with Crippen LogP contribution < -0.4 is 16.4 Å². The quantitative estimate of drug-likeness (QED) is 0.112. The van der Waals surface area contributed by atoms with Crippen LogP contribution in [0.1, 0.15) is 82.7 Å². The normalized spacial score (nSPS) is 17.5. The molecule has 1 saturated heterocycles. The third-order valence-electron chi connectivity index (χ3n) is 10.5. The first-order chi connectivity index (χ1) is 26.1.